The lowest BCUT2D eigenvalue weighted by atomic mass is 10.1. The predicted octanol–water partition coefficient (Wildman–Crippen LogP) is 0.892. The quantitative estimate of drug-likeness (QED) is 0.601. The number of hydrogen-bond donors (Lipinski definition) is 4. The van der Waals surface area contributed by atoms with Crippen molar-refractivity contribution >= 4 is 12.0 Å². The molecule has 0 aromatic heterocycles. The summed E-state index contributed by atoms with van der Waals surface area (Å²) in [6.45, 7) is 1.42. The van der Waals surface area contributed by atoms with Gasteiger partial charge in [0.15, 0.2) is 0 Å². The number of amides is 2. The number of nitrogens with one attached hydrogen (secondary N) is 2. The minimum Gasteiger partial charge on any atom is -0.480 e. The summed E-state index contributed by atoms with van der Waals surface area (Å²) in [5.74, 6) is -1.53. The maximum atomic E-state index is 12.8. The number of aliphatic hydroxyl groups is 1. The van der Waals surface area contributed by atoms with Crippen LogP contribution in [0, 0.1) is 5.82 Å². The molecular formula is C14H19FN2O4. The molecule has 1 aromatic rings. The van der Waals surface area contributed by atoms with Gasteiger partial charge in [-0.3, -0.25) is 0 Å². The predicted molar refractivity (Wildman–Crippen MR) is 74.4 cm³/mol. The summed E-state index contributed by atoms with van der Waals surface area (Å²) >= 11 is 0. The number of carbonyl (C=O) groups is 2. The number of halogens is 1. The summed E-state index contributed by atoms with van der Waals surface area (Å²) in [5, 5.41) is 22.5. The molecule has 0 aliphatic heterocycles. The highest BCUT2D eigenvalue weighted by molar-refractivity contribution is 5.82. The molecule has 0 fully saturated rings. The number of benzene rings is 1. The zero-order valence-electron chi connectivity index (χ0n) is 11.7. The van der Waals surface area contributed by atoms with E-state index < -0.39 is 18.0 Å². The molecular weight excluding hydrogens is 279 g/mol. The number of carboxylic acid groups (broad SMARTS) is 1. The molecule has 21 heavy (non-hydrogen) atoms. The molecule has 116 valence electrons. The molecule has 0 bridgehead atoms. The number of hydrogen-bond acceptors (Lipinski definition) is 3. The van der Waals surface area contributed by atoms with Gasteiger partial charge in [0, 0.05) is 19.1 Å². The second kappa shape index (κ2) is 8.21. The molecule has 4 N–H and O–H groups in total. The third-order valence-electron chi connectivity index (χ3n) is 2.85. The molecule has 7 heteroatoms. The van der Waals surface area contributed by atoms with Gasteiger partial charge in [-0.1, -0.05) is 12.1 Å². The number of urea groups is 1. The Kier molecular flexibility index (Phi) is 6.61. The smallest absolute Gasteiger partial charge is 0.326 e. The van der Waals surface area contributed by atoms with Gasteiger partial charge >= 0.3 is 12.0 Å². The highest BCUT2D eigenvalue weighted by atomic mass is 19.1. The first-order valence-electron chi connectivity index (χ1n) is 6.57. The standard InChI is InChI=1S/C14H19FN2O4/c1-9(8-10-2-4-11(15)5-3-10)16-14(21)17-12(6-7-18)13(19)20/h2-5,9,12,18H,6-8H2,1H3,(H,19,20)(H2,16,17,21)/t9?,12-/m1/s1. The SMILES string of the molecule is CC(Cc1ccc(F)cc1)NC(=O)N[C@H](CCO)C(=O)O. The number of rotatable bonds is 7. The van der Waals surface area contributed by atoms with E-state index in [1.165, 1.54) is 12.1 Å². The van der Waals surface area contributed by atoms with E-state index in [0.29, 0.717) is 6.42 Å². The molecule has 0 saturated heterocycles. The maximum Gasteiger partial charge on any atom is 0.326 e. The minimum absolute atomic E-state index is 0.0604. The molecule has 0 radical (unpaired) electrons. The minimum atomic E-state index is -1.20. The van der Waals surface area contributed by atoms with Crippen LogP contribution >= 0.6 is 0 Å². The lowest BCUT2D eigenvalue weighted by molar-refractivity contribution is -0.139. The van der Waals surface area contributed by atoms with Crippen molar-refractivity contribution in [3.05, 3.63) is 35.6 Å². The lowest BCUT2D eigenvalue weighted by Crippen LogP contribution is -2.49. The van der Waals surface area contributed by atoms with Crippen LogP contribution in [-0.4, -0.2) is 40.9 Å². The topological polar surface area (TPSA) is 98.7 Å². The van der Waals surface area contributed by atoms with E-state index in [0.717, 1.165) is 5.56 Å². The van der Waals surface area contributed by atoms with Gasteiger partial charge in [-0.15, -0.1) is 0 Å². The second-order valence-electron chi connectivity index (χ2n) is 4.75. The molecule has 2 atom stereocenters. The fourth-order valence-electron chi connectivity index (χ4n) is 1.84. The van der Waals surface area contributed by atoms with Gasteiger partial charge in [0.05, 0.1) is 0 Å². The third kappa shape index (κ3) is 6.22. The van der Waals surface area contributed by atoms with Crippen LogP contribution in [-0.2, 0) is 11.2 Å². The third-order valence-corrected chi connectivity index (χ3v) is 2.85. The van der Waals surface area contributed by atoms with Crippen molar-refractivity contribution in [3.63, 3.8) is 0 Å². The van der Waals surface area contributed by atoms with Crippen molar-refractivity contribution < 1.29 is 24.2 Å². The van der Waals surface area contributed by atoms with Gasteiger partial charge in [-0.25, -0.2) is 14.0 Å². The Morgan fingerprint density at radius 3 is 2.38 bits per heavy atom. The van der Waals surface area contributed by atoms with E-state index in [2.05, 4.69) is 10.6 Å². The summed E-state index contributed by atoms with van der Waals surface area (Å²) in [4.78, 5) is 22.5. The average molecular weight is 298 g/mol. The zero-order valence-corrected chi connectivity index (χ0v) is 11.7. The molecule has 2 amide bonds. The largest absolute Gasteiger partial charge is 0.480 e. The van der Waals surface area contributed by atoms with Gasteiger partial charge in [-0.2, -0.15) is 0 Å². The monoisotopic (exact) mass is 298 g/mol. The first kappa shape index (κ1) is 16.9. The van der Waals surface area contributed by atoms with E-state index in [1.54, 1.807) is 19.1 Å². The Morgan fingerprint density at radius 1 is 1.24 bits per heavy atom. The molecule has 0 aliphatic rings. The fraction of sp³-hybridized carbons (Fsp3) is 0.429. The molecule has 6 nitrogen and oxygen atoms in total. The first-order chi connectivity index (χ1) is 9.92. The van der Waals surface area contributed by atoms with E-state index >= 15 is 0 Å². The van der Waals surface area contributed by atoms with E-state index in [4.69, 9.17) is 10.2 Å². The summed E-state index contributed by atoms with van der Waals surface area (Å²) in [6, 6.07) is 3.92. The molecule has 0 heterocycles. The summed E-state index contributed by atoms with van der Waals surface area (Å²) in [5.41, 5.74) is 0.856. The molecule has 0 spiro atoms. The van der Waals surface area contributed by atoms with E-state index in [-0.39, 0.29) is 24.9 Å². The van der Waals surface area contributed by atoms with Gasteiger partial charge in [-0.05, 0) is 31.0 Å². The highest BCUT2D eigenvalue weighted by Crippen LogP contribution is 2.05. The average Bonchev–Trinajstić information content (AvgIpc) is 2.40. The first-order valence-corrected chi connectivity index (χ1v) is 6.57. The van der Waals surface area contributed by atoms with Crippen molar-refractivity contribution in [2.24, 2.45) is 0 Å². The van der Waals surface area contributed by atoms with Crippen LogP contribution in [0.5, 0.6) is 0 Å². The number of carboxylic acids is 1. The van der Waals surface area contributed by atoms with Crippen LogP contribution in [0.2, 0.25) is 0 Å². The Hall–Kier alpha value is -2.15. The Bertz CT molecular complexity index is 478. The number of aliphatic hydroxyl groups excluding tert-OH is 1. The van der Waals surface area contributed by atoms with Crippen molar-refractivity contribution in [2.75, 3.05) is 6.61 Å². The fourth-order valence-corrected chi connectivity index (χ4v) is 1.84. The van der Waals surface area contributed by atoms with Crippen LogP contribution in [0.4, 0.5) is 9.18 Å². The highest BCUT2D eigenvalue weighted by Gasteiger charge is 2.19. The number of carbonyl (C=O) groups excluding carboxylic acids is 1. The van der Waals surface area contributed by atoms with Gasteiger partial charge in [0.25, 0.3) is 0 Å². The van der Waals surface area contributed by atoms with Crippen LogP contribution < -0.4 is 10.6 Å². The normalized spacial score (nSPS) is 13.3. The Labute approximate surface area is 122 Å². The van der Waals surface area contributed by atoms with Gasteiger partial charge in [0.1, 0.15) is 11.9 Å². The van der Waals surface area contributed by atoms with E-state index in [9.17, 15) is 14.0 Å². The van der Waals surface area contributed by atoms with E-state index in [1.807, 2.05) is 0 Å². The van der Waals surface area contributed by atoms with Crippen molar-refractivity contribution in [3.8, 4) is 0 Å². The molecule has 0 aliphatic carbocycles. The summed E-state index contributed by atoms with van der Waals surface area (Å²) < 4.78 is 12.8. The molecule has 1 unspecified atom stereocenters. The summed E-state index contributed by atoms with van der Waals surface area (Å²) in [6.07, 6.45) is 0.431. The van der Waals surface area contributed by atoms with Crippen LogP contribution in [0.15, 0.2) is 24.3 Å². The molecule has 1 aromatic carbocycles. The Balaban J connectivity index is 2.46. The van der Waals surface area contributed by atoms with Crippen molar-refractivity contribution in [1.82, 2.24) is 10.6 Å². The zero-order chi connectivity index (χ0) is 15.8. The van der Waals surface area contributed by atoms with Crippen LogP contribution in [0.1, 0.15) is 18.9 Å². The van der Waals surface area contributed by atoms with Crippen LogP contribution in [0.25, 0.3) is 0 Å². The van der Waals surface area contributed by atoms with Gasteiger partial charge in [0.2, 0.25) is 0 Å². The van der Waals surface area contributed by atoms with Gasteiger partial charge < -0.3 is 20.8 Å². The summed E-state index contributed by atoms with van der Waals surface area (Å²) in [7, 11) is 0. The number of aliphatic carboxylic acids is 1. The maximum absolute atomic E-state index is 12.8. The van der Waals surface area contributed by atoms with Crippen molar-refractivity contribution in [1.29, 1.82) is 0 Å². The molecule has 1 rings (SSSR count). The lowest BCUT2D eigenvalue weighted by Gasteiger charge is -2.18. The van der Waals surface area contributed by atoms with Crippen LogP contribution in [0.3, 0.4) is 0 Å². The van der Waals surface area contributed by atoms with Crippen molar-refractivity contribution in [2.45, 2.75) is 31.8 Å². The second-order valence-corrected chi connectivity index (χ2v) is 4.75. The Morgan fingerprint density at radius 2 is 1.86 bits per heavy atom. The molecule has 0 saturated carbocycles.